The summed E-state index contributed by atoms with van der Waals surface area (Å²) in [6.07, 6.45) is 7.74. The van der Waals surface area contributed by atoms with Crippen molar-refractivity contribution in [3.05, 3.63) is 12.2 Å². The zero-order valence-corrected chi connectivity index (χ0v) is 9.92. The second kappa shape index (κ2) is 2.56. The average Bonchev–Trinajstić information content (AvgIpc) is 2.70. The molecule has 0 N–H and O–H groups in total. The van der Waals surface area contributed by atoms with Gasteiger partial charge in [-0.2, -0.15) is 0 Å². The molecule has 1 nitrogen and oxygen atoms in total. The third-order valence-corrected chi connectivity index (χ3v) is 5.33. The van der Waals surface area contributed by atoms with Gasteiger partial charge in [0.05, 0.1) is 5.41 Å². The van der Waals surface area contributed by atoms with E-state index in [-0.39, 0.29) is 5.41 Å². The van der Waals surface area contributed by atoms with Crippen LogP contribution >= 0.6 is 0 Å². The minimum Gasteiger partial charge on any atom is -0.299 e. The molecule has 0 bridgehead atoms. The number of ketones is 1. The number of hydrogen-bond donors (Lipinski definition) is 0. The van der Waals surface area contributed by atoms with Crippen molar-refractivity contribution in [3.8, 4) is 0 Å². The van der Waals surface area contributed by atoms with Crippen LogP contribution in [0.2, 0.25) is 0 Å². The Labute approximate surface area is 91.9 Å². The molecule has 0 aliphatic heterocycles. The highest BCUT2D eigenvalue weighted by Crippen LogP contribution is 2.67. The molecule has 0 saturated heterocycles. The van der Waals surface area contributed by atoms with Gasteiger partial charge in [0.2, 0.25) is 0 Å². The number of hydrogen-bond acceptors (Lipinski definition) is 1. The standard InChI is InChI=1S/C14H20O/c1-9-6-7-14-10(9)8-13(2,3)11(14)4-5-12(14)15/h6-7,9-11H,4-5,8H2,1-3H3/t9-,10-,11+,14?/m0/s1. The van der Waals surface area contributed by atoms with E-state index in [9.17, 15) is 4.79 Å². The van der Waals surface area contributed by atoms with Crippen LogP contribution in [0, 0.1) is 28.6 Å². The molecule has 0 radical (unpaired) electrons. The maximum atomic E-state index is 12.2. The first-order valence-corrected chi connectivity index (χ1v) is 6.21. The van der Waals surface area contributed by atoms with Gasteiger partial charge in [0, 0.05) is 6.42 Å². The van der Waals surface area contributed by atoms with Crippen molar-refractivity contribution < 1.29 is 4.79 Å². The first kappa shape index (κ1) is 9.62. The van der Waals surface area contributed by atoms with E-state index in [1.54, 1.807) is 0 Å². The summed E-state index contributed by atoms with van der Waals surface area (Å²) in [5.74, 6) is 2.36. The first-order valence-electron chi connectivity index (χ1n) is 6.21. The molecule has 82 valence electrons. The lowest BCUT2D eigenvalue weighted by atomic mass is 9.71. The lowest BCUT2D eigenvalue weighted by Gasteiger charge is -2.31. The Kier molecular flexibility index (Phi) is 1.64. The Hall–Kier alpha value is -0.590. The zero-order valence-electron chi connectivity index (χ0n) is 9.92. The van der Waals surface area contributed by atoms with Crippen LogP contribution in [0.4, 0.5) is 0 Å². The Balaban J connectivity index is 2.13. The molecule has 0 aromatic heterocycles. The van der Waals surface area contributed by atoms with E-state index in [0.717, 1.165) is 12.8 Å². The van der Waals surface area contributed by atoms with Crippen molar-refractivity contribution in [1.82, 2.24) is 0 Å². The van der Waals surface area contributed by atoms with Crippen LogP contribution in [0.5, 0.6) is 0 Å². The van der Waals surface area contributed by atoms with Crippen LogP contribution in [0.3, 0.4) is 0 Å². The molecular formula is C14H20O. The van der Waals surface area contributed by atoms with Gasteiger partial charge < -0.3 is 0 Å². The van der Waals surface area contributed by atoms with Gasteiger partial charge in [0.25, 0.3) is 0 Å². The lowest BCUT2D eigenvalue weighted by Crippen LogP contribution is -2.33. The summed E-state index contributed by atoms with van der Waals surface area (Å²) < 4.78 is 0. The second-order valence-electron chi connectivity index (χ2n) is 6.46. The van der Waals surface area contributed by atoms with Gasteiger partial charge in [-0.3, -0.25) is 4.79 Å². The molecule has 2 saturated carbocycles. The topological polar surface area (TPSA) is 17.1 Å². The fourth-order valence-corrected chi connectivity index (χ4v) is 4.70. The van der Waals surface area contributed by atoms with E-state index in [2.05, 4.69) is 32.9 Å². The Morgan fingerprint density at radius 1 is 1.40 bits per heavy atom. The summed E-state index contributed by atoms with van der Waals surface area (Å²) >= 11 is 0. The predicted molar refractivity (Wildman–Crippen MR) is 60.4 cm³/mol. The fourth-order valence-electron chi connectivity index (χ4n) is 4.70. The minimum absolute atomic E-state index is 0.0388. The highest BCUT2D eigenvalue weighted by molar-refractivity contribution is 5.91. The van der Waals surface area contributed by atoms with Crippen molar-refractivity contribution >= 4 is 5.78 Å². The third kappa shape index (κ3) is 0.926. The molecule has 1 heteroatoms. The molecule has 0 amide bonds. The summed E-state index contributed by atoms with van der Waals surface area (Å²) in [6.45, 7) is 6.99. The molecule has 3 aliphatic carbocycles. The maximum absolute atomic E-state index is 12.2. The van der Waals surface area contributed by atoms with E-state index in [1.807, 2.05) is 0 Å². The van der Waals surface area contributed by atoms with Crippen LogP contribution in [0.25, 0.3) is 0 Å². The van der Waals surface area contributed by atoms with Gasteiger partial charge in [-0.15, -0.1) is 0 Å². The summed E-state index contributed by atoms with van der Waals surface area (Å²) in [5.41, 5.74) is 0.332. The van der Waals surface area contributed by atoms with Crippen molar-refractivity contribution in [2.24, 2.45) is 28.6 Å². The average molecular weight is 204 g/mol. The Bertz CT molecular complexity index is 352. The second-order valence-corrected chi connectivity index (χ2v) is 6.46. The van der Waals surface area contributed by atoms with Crippen LogP contribution < -0.4 is 0 Å². The third-order valence-electron chi connectivity index (χ3n) is 5.33. The van der Waals surface area contributed by atoms with E-state index in [4.69, 9.17) is 0 Å². The van der Waals surface area contributed by atoms with Crippen LogP contribution in [-0.2, 0) is 4.79 Å². The number of carbonyl (C=O) groups excluding carboxylic acids is 1. The monoisotopic (exact) mass is 204 g/mol. The molecule has 0 aromatic carbocycles. The quantitative estimate of drug-likeness (QED) is 0.554. The minimum atomic E-state index is -0.0388. The Morgan fingerprint density at radius 3 is 2.87 bits per heavy atom. The van der Waals surface area contributed by atoms with Gasteiger partial charge in [0.15, 0.2) is 0 Å². The van der Waals surface area contributed by atoms with Crippen molar-refractivity contribution in [1.29, 1.82) is 0 Å². The fraction of sp³-hybridized carbons (Fsp3) is 0.786. The van der Waals surface area contributed by atoms with Crippen molar-refractivity contribution in [2.45, 2.75) is 40.0 Å². The molecule has 0 heterocycles. The molecule has 2 fully saturated rings. The van der Waals surface area contributed by atoms with Gasteiger partial charge in [0.1, 0.15) is 5.78 Å². The highest BCUT2D eigenvalue weighted by Gasteiger charge is 2.65. The van der Waals surface area contributed by atoms with Crippen LogP contribution in [0.15, 0.2) is 12.2 Å². The van der Waals surface area contributed by atoms with Gasteiger partial charge in [-0.1, -0.05) is 32.9 Å². The van der Waals surface area contributed by atoms with Crippen molar-refractivity contribution in [3.63, 3.8) is 0 Å². The summed E-state index contributed by atoms with van der Waals surface area (Å²) in [7, 11) is 0. The molecule has 4 atom stereocenters. The molecule has 3 aliphatic rings. The highest BCUT2D eigenvalue weighted by atomic mass is 16.1. The SMILES string of the molecule is C[C@H]1C=CC23C(=O)CC[C@@H]2C(C)(C)C[C@@H]13. The molecular weight excluding hydrogens is 184 g/mol. The van der Waals surface area contributed by atoms with Crippen LogP contribution in [0.1, 0.15) is 40.0 Å². The maximum Gasteiger partial charge on any atom is 0.143 e. The summed E-state index contributed by atoms with van der Waals surface area (Å²) in [4.78, 5) is 12.2. The molecule has 1 unspecified atom stereocenters. The molecule has 1 spiro atoms. The number of rotatable bonds is 0. The normalized spacial score (nSPS) is 50.9. The zero-order chi connectivity index (χ0) is 10.8. The largest absolute Gasteiger partial charge is 0.299 e. The molecule has 15 heavy (non-hydrogen) atoms. The number of allylic oxidation sites excluding steroid dienone is 2. The number of carbonyl (C=O) groups is 1. The smallest absolute Gasteiger partial charge is 0.143 e. The Morgan fingerprint density at radius 2 is 2.13 bits per heavy atom. The van der Waals surface area contributed by atoms with Crippen LogP contribution in [-0.4, -0.2) is 5.78 Å². The van der Waals surface area contributed by atoms with Gasteiger partial charge in [-0.25, -0.2) is 0 Å². The first-order chi connectivity index (χ1) is 6.98. The van der Waals surface area contributed by atoms with Gasteiger partial charge >= 0.3 is 0 Å². The number of Topliss-reactive ketones (excluding diaryl/α,β-unsaturated/α-hetero) is 1. The molecule has 3 rings (SSSR count). The summed E-state index contributed by atoms with van der Waals surface area (Å²) in [5, 5.41) is 0. The lowest BCUT2D eigenvalue weighted by molar-refractivity contribution is -0.126. The summed E-state index contributed by atoms with van der Waals surface area (Å²) in [6, 6.07) is 0. The molecule has 0 aromatic rings. The van der Waals surface area contributed by atoms with Crippen molar-refractivity contribution in [2.75, 3.05) is 0 Å². The van der Waals surface area contributed by atoms with E-state index >= 15 is 0 Å². The predicted octanol–water partition coefficient (Wildman–Crippen LogP) is 3.20. The van der Waals surface area contributed by atoms with E-state index in [1.165, 1.54) is 6.42 Å². The van der Waals surface area contributed by atoms with Gasteiger partial charge in [-0.05, 0) is 36.0 Å². The van der Waals surface area contributed by atoms with E-state index < -0.39 is 0 Å². The van der Waals surface area contributed by atoms with E-state index in [0.29, 0.717) is 29.0 Å².